The molecule has 25 heavy (non-hydrogen) atoms. The van der Waals surface area contributed by atoms with Gasteiger partial charge >= 0.3 is 0 Å². The number of hydrogen-bond acceptors (Lipinski definition) is 1. The van der Waals surface area contributed by atoms with Gasteiger partial charge in [-0.05, 0) is 36.1 Å². The molecule has 0 fully saturated rings. The minimum absolute atomic E-state index is 0. The van der Waals surface area contributed by atoms with Crippen LogP contribution in [-0.4, -0.2) is 4.98 Å². The van der Waals surface area contributed by atoms with E-state index in [4.69, 9.17) is 4.98 Å². The molecule has 4 rings (SSSR count). The molecule has 0 spiro atoms. The number of benzene rings is 3. The van der Waals surface area contributed by atoms with Crippen molar-refractivity contribution >= 4 is 27.9 Å². The number of pyridine rings is 1. The molecule has 0 radical (unpaired) electrons. The highest BCUT2D eigenvalue weighted by Crippen LogP contribution is 2.25. The Morgan fingerprint density at radius 2 is 1.28 bits per heavy atom. The molecule has 0 unspecified atom stereocenters. The van der Waals surface area contributed by atoms with Gasteiger partial charge in [0.1, 0.15) is 0 Å². The highest BCUT2D eigenvalue weighted by Gasteiger charge is 2.07. The Morgan fingerprint density at radius 1 is 0.640 bits per heavy atom. The van der Waals surface area contributed by atoms with Gasteiger partial charge in [-0.1, -0.05) is 78.9 Å². The Balaban J connectivity index is 0.00000182. The number of hydrogen-bond donors (Lipinski definition) is 0. The number of fused-ring (bicyclic) bond motifs is 1. The van der Waals surface area contributed by atoms with Crippen LogP contribution in [0.1, 0.15) is 11.1 Å². The largest absolute Gasteiger partial charge is 0.248 e. The first kappa shape index (κ1) is 17.4. The van der Waals surface area contributed by atoms with Crippen molar-refractivity contribution in [3.8, 4) is 11.3 Å². The molecule has 0 aliphatic carbocycles. The maximum atomic E-state index is 4.86. The van der Waals surface area contributed by atoms with E-state index in [0.29, 0.717) is 0 Å². The van der Waals surface area contributed by atoms with E-state index in [1.807, 2.05) is 6.07 Å². The van der Waals surface area contributed by atoms with Crippen LogP contribution in [0.15, 0.2) is 91.0 Å². The highest BCUT2D eigenvalue weighted by atomic mass is 79.9. The van der Waals surface area contributed by atoms with E-state index < -0.39 is 0 Å². The van der Waals surface area contributed by atoms with Gasteiger partial charge in [0.2, 0.25) is 0 Å². The fraction of sp³-hybridized carbons (Fsp3) is 0.0870. The van der Waals surface area contributed by atoms with E-state index in [1.165, 1.54) is 22.1 Å². The first-order valence-corrected chi connectivity index (χ1v) is 8.38. The first-order valence-electron chi connectivity index (χ1n) is 8.38. The number of aromatic nitrogens is 1. The standard InChI is InChI=1S/C23H19N.BrH/c1-3-9-18(10-4-1)15-16-20-17-23(19-11-5-2-6-12-19)24-22-14-8-7-13-21(20)22;/h1-14,17H,15-16H2;1H. The number of aryl methyl sites for hydroxylation is 2. The van der Waals surface area contributed by atoms with Crippen LogP contribution in [0.2, 0.25) is 0 Å². The van der Waals surface area contributed by atoms with Crippen molar-refractivity contribution in [2.45, 2.75) is 12.8 Å². The number of para-hydroxylation sites is 1. The summed E-state index contributed by atoms with van der Waals surface area (Å²) in [5.74, 6) is 0. The molecule has 0 aliphatic rings. The van der Waals surface area contributed by atoms with Crippen molar-refractivity contribution in [1.82, 2.24) is 4.98 Å². The topological polar surface area (TPSA) is 12.9 Å². The van der Waals surface area contributed by atoms with Gasteiger partial charge in [0.25, 0.3) is 0 Å². The lowest BCUT2D eigenvalue weighted by molar-refractivity contribution is 0.967. The molecule has 0 N–H and O–H groups in total. The van der Waals surface area contributed by atoms with E-state index in [2.05, 4.69) is 84.9 Å². The number of nitrogens with zero attached hydrogens (tertiary/aromatic N) is 1. The molecule has 1 heterocycles. The van der Waals surface area contributed by atoms with Crippen LogP contribution in [0, 0.1) is 0 Å². The normalized spacial score (nSPS) is 10.4. The molecule has 1 nitrogen and oxygen atoms in total. The number of halogens is 1. The zero-order valence-corrected chi connectivity index (χ0v) is 15.6. The van der Waals surface area contributed by atoms with E-state index in [0.717, 1.165) is 24.1 Å². The molecule has 1 aromatic heterocycles. The molecule has 0 saturated carbocycles. The molecule has 0 saturated heterocycles. The van der Waals surface area contributed by atoms with Crippen LogP contribution in [0.4, 0.5) is 0 Å². The Labute approximate surface area is 159 Å². The molecule has 3 aromatic carbocycles. The lowest BCUT2D eigenvalue weighted by Gasteiger charge is -2.10. The highest BCUT2D eigenvalue weighted by molar-refractivity contribution is 8.93. The van der Waals surface area contributed by atoms with Crippen molar-refractivity contribution in [3.63, 3.8) is 0 Å². The van der Waals surface area contributed by atoms with Crippen molar-refractivity contribution in [1.29, 1.82) is 0 Å². The average molecular weight is 390 g/mol. The fourth-order valence-electron chi connectivity index (χ4n) is 3.13. The molecule has 0 amide bonds. The van der Waals surface area contributed by atoms with E-state index in [-0.39, 0.29) is 17.0 Å². The Morgan fingerprint density at radius 3 is 2.04 bits per heavy atom. The average Bonchev–Trinajstić information content (AvgIpc) is 2.67. The van der Waals surface area contributed by atoms with Crippen molar-refractivity contribution in [2.24, 2.45) is 0 Å². The fourth-order valence-corrected chi connectivity index (χ4v) is 3.13. The minimum atomic E-state index is 0. The first-order chi connectivity index (χ1) is 11.9. The summed E-state index contributed by atoms with van der Waals surface area (Å²) >= 11 is 0. The van der Waals surface area contributed by atoms with Crippen LogP contribution < -0.4 is 0 Å². The minimum Gasteiger partial charge on any atom is -0.248 e. The zero-order valence-electron chi connectivity index (χ0n) is 13.9. The Kier molecular flexibility index (Phi) is 5.62. The molecular weight excluding hydrogens is 370 g/mol. The van der Waals surface area contributed by atoms with Gasteiger partial charge in [0, 0.05) is 10.9 Å². The van der Waals surface area contributed by atoms with Crippen molar-refractivity contribution in [2.75, 3.05) is 0 Å². The van der Waals surface area contributed by atoms with Crippen molar-refractivity contribution in [3.05, 3.63) is 102 Å². The summed E-state index contributed by atoms with van der Waals surface area (Å²) in [5, 5.41) is 1.26. The van der Waals surface area contributed by atoms with Gasteiger partial charge in [-0.15, -0.1) is 17.0 Å². The van der Waals surface area contributed by atoms with Gasteiger partial charge in [-0.2, -0.15) is 0 Å². The van der Waals surface area contributed by atoms with E-state index >= 15 is 0 Å². The molecule has 0 atom stereocenters. The predicted octanol–water partition coefficient (Wildman–Crippen LogP) is 6.26. The van der Waals surface area contributed by atoms with Gasteiger partial charge in [-0.25, -0.2) is 4.98 Å². The third-order valence-corrected chi connectivity index (χ3v) is 4.40. The van der Waals surface area contributed by atoms with Crippen LogP contribution in [0.3, 0.4) is 0 Å². The molecule has 0 bridgehead atoms. The third kappa shape index (κ3) is 3.97. The quantitative estimate of drug-likeness (QED) is 0.401. The second-order valence-electron chi connectivity index (χ2n) is 6.04. The van der Waals surface area contributed by atoms with Crippen LogP contribution in [0.25, 0.3) is 22.2 Å². The predicted molar refractivity (Wildman–Crippen MR) is 111 cm³/mol. The maximum Gasteiger partial charge on any atom is 0.0712 e. The second-order valence-corrected chi connectivity index (χ2v) is 6.04. The summed E-state index contributed by atoms with van der Waals surface area (Å²) in [6.07, 6.45) is 2.07. The summed E-state index contributed by atoms with van der Waals surface area (Å²) in [6, 6.07) is 31.8. The van der Waals surface area contributed by atoms with Crippen LogP contribution in [0.5, 0.6) is 0 Å². The Hall–Kier alpha value is -2.45. The maximum absolute atomic E-state index is 4.86. The summed E-state index contributed by atoms with van der Waals surface area (Å²) in [6.45, 7) is 0. The number of rotatable bonds is 4. The molecule has 4 aromatic rings. The lowest BCUT2D eigenvalue weighted by Crippen LogP contribution is -1.96. The summed E-state index contributed by atoms with van der Waals surface area (Å²) in [4.78, 5) is 4.86. The Bertz CT molecular complexity index is 949. The van der Waals surface area contributed by atoms with Gasteiger partial charge in [0.05, 0.1) is 11.2 Å². The summed E-state index contributed by atoms with van der Waals surface area (Å²) < 4.78 is 0. The summed E-state index contributed by atoms with van der Waals surface area (Å²) in [5.41, 5.74) is 6.03. The van der Waals surface area contributed by atoms with Crippen LogP contribution >= 0.6 is 17.0 Å². The van der Waals surface area contributed by atoms with Gasteiger partial charge in [-0.3, -0.25) is 0 Å². The van der Waals surface area contributed by atoms with E-state index in [9.17, 15) is 0 Å². The van der Waals surface area contributed by atoms with Gasteiger partial charge in [0.15, 0.2) is 0 Å². The summed E-state index contributed by atoms with van der Waals surface area (Å²) in [7, 11) is 0. The van der Waals surface area contributed by atoms with Gasteiger partial charge < -0.3 is 0 Å². The smallest absolute Gasteiger partial charge is 0.0712 e. The van der Waals surface area contributed by atoms with E-state index in [1.54, 1.807) is 0 Å². The third-order valence-electron chi connectivity index (χ3n) is 4.40. The molecular formula is C23H20BrN. The van der Waals surface area contributed by atoms with Crippen LogP contribution in [-0.2, 0) is 12.8 Å². The van der Waals surface area contributed by atoms with Crippen molar-refractivity contribution < 1.29 is 0 Å². The SMILES string of the molecule is Br.c1ccc(CCc2cc(-c3ccccc3)nc3ccccc23)cc1. The molecule has 0 aliphatic heterocycles. The molecule has 124 valence electrons. The zero-order chi connectivity index (χ0) is 16.2. The monoisotopic (exact) mass is 389 g/mol. The second kappa shape index (κ2) is 8.09. The lowest BCUT2D eigenvalue weighted by atomic mass is 9.98. The molecule has 2 heteroatoms.